The van der Waals surface area contributed by atoms with Crippen molar-refractivity contribution < 1.29 is 14.7 Å². The minimum absolute atomic E-state index is 0.0397. The van der Waals surface area contributed by atoms with E-state index in [1.165, 1.54) is 10.7 Å². The first kappa shape index (κ1) is 13.5. The van der Waals surface area contributed by atoms with E-state index in [1.807, 2.05) is 22.6 Å². The van der Waals surface area contributed by atoms with Crippen molar-refractivity contribution in [3.05, 3.63) is 45.8 Å². The van der Waals surface area contributed by atoms with Crippen molar-refractivity contribution in [2.45, 2.75) is 6.54 Å². The first-order valence-corrected chi connectivity index (χ1v) is 6.44. The van der Waals surface area contributed by atoms with Gasteiger partial charge in [0, 0.05) is 16.0 Å². The van der Waals surface area contributed by atoms with Crippen molar-refractivity contribution in [3.63, 3.8) is 0 Å². The molecule has 0 atom stereocenters. The van der Waals surface area contributed by atoms with Crippen LogP contribution in [0.25, 0.3) is 0 Å². The molecule has 7 heteroatoms. The fourth-order valence-electron chi connectivity index (χ4n) is 1.53. The topological polar surface area (TPSA) is 84.2 Å². The van der Waals surface area contributed by atoms with Crippen LogP contribution >= 0.6 is 22.6 Å². The summed E-state index contributed by atoms with van der Waals surface area (Å²) in [6.07, 6.45) is 3.23. The van der Waals surface area contributed by atoms with Gasteiger partial charge in [-0.05, 0) is 46.9 Å². The summed E-state index contributed by atoms with van der Waals surface area (Å²) in [5, 5.41) is 15.6. The Balaban J connectivity index is 2.14. The van der Waals surface area contributed by atoms with Crippen LogP contribution in [0.5, 0.6) is 0 Å². The number of nitrogens with one attached hydrogen (secondary N) is 1. The predicted octanol–water partition coefficient (Wildman–Crippen LogP) is 1.82. The highest BCUT2D eigenvalue weighted by atomic mass is 127. The molecule has 0 bridgehead atoms. The Labute approximate surface area is 122 Å². The molecule has 1 amide bonds. The monoisotopic (exact) mass is 371 g/mol. The summed E-state index contributed by atoms with van der Waals surface area (Å²) in [6, 6.07) is 6.52. The van der Waals surface area contributed by atoms with Crippen molar-refractivity contribution in [1.29, 1.82) is 0 Å². The molecule has 6 nitrogen and oxygen atoms in total. The van der Waals surface area contributed by atoms with Crippen molar-refractivity contribution in [1.82, 2.24) is 9.78 Å². The Morgan fingerprint density at radius 1 is 1.42 bits per heavy atom. The lowest BCUT2D eigenvalue weighted by atomic mass is 10.2. The zero-order valence-corrected chi connectivity index (χ0v) is 11.9. The highest BCUT2D eigenvalue weighted by molar-refractivity contribution is 14.1. The van der Waals surface area contributed by atoms with Crippen molar-refractivity contribution >= 4 is 40.2 Å². The molecule has 98 valence electrons. The number of carbonyl (C=O) groups is 2. The van der Waals surface area contributed by atoms with Gasteiger partial charge in [0.15, 0.2) is 0 Å². The van der Waals surface area contributed by atoms with Gasteiger partial charge in [-0.3, -0.25) is 9.48 Å². The first-order chi connectivity index (χ1) is 9.06. The molecule has 0 unspecified atom stereocenters. The van der Waals surface area contributed by atoms with Gasteiger partial charge < -0.3 is 10.4 Å². The number of hydrogen-bond acceptors (Lipinski definition) is 3. The number of aromatic nitrogens is 2. The third kappa shape index (κ3) is 3.53. The van der Waals surface area contributed by atoms with E-state index in [1.54, 1.807) is 30.6 Å². The average Bonchev–Trinajstić information content (AvgIpc) is 2.83. The lowest BCUT2D eigenvalue weighted by molar-refractivity contribution is -0.116. The minimum atomic E-state index is -1.08. The second-order valence-electron chi connectivity index (χ2n) is 3.75. The van der Waals surface area contributed by atoms with Crippen molar-refractivity contribution in [3.8, 4) is 0 Å². The molecule has 0 aliphatic heterocycles. The first-order valence-electron chi connectivity index (χ1n) is 5.36. The van der Waals surface area contributed by atoms with E-state index in [0.29, 0.717) is 0 Å². The summed E-state index contributed by atoms with van der Waals surface area (Å²) in [4.78, 5) is 22.9. The van der Waals surface area contributed by atoms with Crippen LogP contribution in [-0.4, -0.2) is 26.8 Å². The third-order valence-electron chi connectivity index (χ3n) is 2.35. The lowest BCUT2D eigenvalue weighted by Crippen LogP contribution is -2.20. The number of carbonyl (C=O) groups excluding carboxylic acids is 1. The van der Waals surface area contributed by atoms with Crippen LogP contribution in [0.1, 0.15) is 10.4 Å². The Morgan fingerprint density at radius 2 is 2.21 bits per heavy atom. The Kier molecular flexibility index (Phi) is 4.15. The normalized spacial score (nSPS) is 10.2. The SMILES string of the molecule is O=C(Cn1cccn1)Nc1ccc(I)cc1C(=O)O. The van der Waals surface area contributed by atoms with Crippen LogP contribution in [0.4, 0.5) is 5.69 Å². The zero-order valence-electron chi connectivity index (χ0n) is 9.71. The predicted molar refractivity (Wildman–Crippen MR) is 77.0 cm³/mol. The number of amides is 1. The fourth-order valence-corrected chi connectivity index (χ4v) is 2.02. The molecule has 0 saturated carbocycles. The maximum Gasteiger partial charge on any atom is 0.337 e. The fraction of sp³-hybridized carbons (Fsp3) is 0.0833. The maximum absolute atomic E-state index is 11.8. The number of benzene rings is 1. The summed E-state index contributed by atoms with van der Waals surface area (Å²) >= 11 is 2.02. The van der Waals surface area contributed by atoms with E-state index in [4.69, 9.17) is 5.11 Å². The molecular weight excluding hydrogens is 361 g/mol. The second-order valence-corrected chi connectivity index (χ2v) is 4.99. The highest BCUT2D eigenvalue weighted by Crippen LogP contribution is 2.19. The molecule has 1 heterocycles. The van der Waals surface area contributed by atoms with Gasteiger partial charge in [-0.25, -0.2) is 4.79 Å². The smallest absolute Gasteiger partial charge is 0.337 e. The average molecular weight is 371 g/mol. The van der Waals surface area contributed by atoms with Crippen molar-refractivity contribution in [2.75, 3.05) is 5.32 Å². The van der Waals surface area contributed by atoms with Gasteiger partial charge in [-0.2, -0.15) is 5.10 Å². The molecule has 0 spiro atoms. The van der Waals surface area contributed by atoms with Gasteiger partial charge in [0.2, 0.25) is 5.91 Å². The molecule has 0 saturated heterocycles. The molecule has 0 aliphatic rings. The van der Waals surface area contributed by atoms with E-state index < -0.39 is 5.97 Å². The summed E-state index contributed by atoms with van der Waals surface area (Å²) < 4.78 is 2.25. The Bertz CT molecular complexity index is 611. The Morgan fingerprint density at radius 3 is 2.84 bits per heavy atom. The molecule has 1 aromatic carbocycles. The van der Waals surface area contributed by atoms with Crippen LogP contribution in [0.2, 0.25) is 0 Å². The molecule has 19 heavy (non-hydrogen) atoms. The van der Waals surface area contributed by atoms with Crippen LogP contribution in [0.15, 0.2) is 36.7 Å². The van der Waals surface area contributed by atoms with E-state index >= 15 is 0 Å². The van der Waals surface area contributed by atoms with E-state index in [0.717, 1.165) is 3.57 Å². The van der Waals surface area contributed by atoms with E-state index in [-0.39, 0.29) is 23.7 Å². The third-order valence-corrected chi connectivity index (χ3v) is 3.02. The summed E-state index contributed by atoms with van der Waals surface area (Å²) in [6.45, 7) is 0.0397. The van der Waals surface area contributed by atoms with Gasteiger partial charge >= 0.3 is 5.97 Å². The quantitative estimate of drug-likeness (QED) is 0.804. The second kappa shape index (κ2) is 5.83. The maximum atomic E-state index is 11.8. The minimum Gasteiger partial charge on any atom is -0.478 e. The van der Waals surface area contributed by atoms with Crippen LogP contribution in [0, 0.1) is 3.57 Å². The summed E-state index contributed by atoms with van der Waals surface area (Å²) in [5.41, 5.74) is 0.353. The number of hydrogen-bond donors (Lipinski definition) is 2. The number of carboxylic acids is 1. The molecule has 2 rings (SSSR count). The molecule has 0 aliphatic carbocycles. The van der Waals surface area contributed by atoms with E-state index in [2.05, 4.69) is 10.4 Å². The standard InChI is InChI=1S/C12H10IN3O3/c13-8-2-3-10(9(6-8)12(18)19)15-11(17)7-16-5-1-4-14-16/h1-6H,7H2,(H,15,17)(H,18,19). The van der Waals surface area contributed by atoms with Crippen LogP contribution < -0.4 is 5.32 Å². The molecular formula is C12H10IN3O3. The van der Waals surface area contributed by atoms with Gasteiger partial charge in [-0.15, -0.1) is 0 Å². The number of nitrogens with zero attached hydrogens (tertiary/aromatic N) is 2. The van der Waals surface area contributed by atoms with Crippen LogP contribution in [-0.2, 0) is 11.3 Å². The number of anilines is 1. The molecule has 2 aromatic rings. The number of rotatable bonds is 4. The van der Waals surface area contributed by atoms with Gasteiger partial charge in [-0.1, -0.05) is 0 Å². The number of aromatic carboxylic acids is 1. The molecule has 1 aromatic heterocycles. The zero-order chi connectivity index (χ0) is 13.8. The lowest BCUT2D eigenvalue weighted by Gasteiger charge is -2.09. The summed E-state index contributed by atoms with van der Waals surface area (Å²) in [7, 11) is 0. The van der Waals surface area contributed by atoms with Gasteiger partial charge in [0.05, 0.1) is 11.3 Å². The van der Waals surface area contributed by atoms with Crippen molar-refractivity contribution in [2.24, 2.45) is 0 Å². The van der Waals surface area contributed by atoms with Gasteiger partial charge in [0.25, 0.3) is 0 Å². The van der Waals surface area contributed by atoms with Crippen LogP contribution in [0.3, 0.4) is 0 Å². The number of carboxylic acid groups (broad SMARTS) is 1. The van der Waals surface area contributed by atoms with Gasteiger partial charge in [0.1, 0.15) is 6.54 Å². The highest BCUT2D eigenvalue weighted by Gasteiger charge is 2.13. The Hall–Kier alpha value is -1.90. The van der Waals surface area contributed by atoms with E-state index in [9.17, 15) is 9.59 Å². The molecule has 2 N–H and O–H groups in total. The number of halogens is 1. The largest absolute Gasteiger partial charge is 0.478 e. The summed E-state index contributed by atoms with van der Waals surface area (Å²) in [5.74, 6) is -1.40. The molecule has 0 radical (unpaired) electrons. The molecule has 0 fully saturated rings.